The molecule has 2 nitrogen and oxygen atoms in total. The van der Waals surface area contributed by atoms with Gasteiger partial charge in [0.05, 0.1) is 12.4 Å². The van der Waals surface area contributed by atoms with Crippen molar-refractivity contribution in [3.05, 3.63) is 69.8 Å². The summed E-state index contributed by atoms with van der Waals surface area (Å²) in [5.41, 5.74) is 9.27. The molecule has 0 unspecified atom stereocenters. The van der Waals surface area contributed by atoms with E-state index in [9.17, 15) is 0 Å². The first-order valence-electron chi connectivity index (χ1n) is 15.6. The predicted molar refractivity (Wildman–Crippen MR) is 179 cm³/mol. The molecule has 222 valence electrons. The number of aryl methyl sites for hydroxylation is 4. The molecule has 0 aliphatic carbocycles. The van der Waals surface area contributed by atoms with Crippen molar-refractivity contribution >= 4 is 12.4 Å². The molecule has 0 N–H and O–H groups in total. The highest BCUT2D eigenvalue weighted by Gasteiger charge is 2.17. The summed E-state index contributed by atoms with van der Waals surface area (Å²) in [5.74, 6) is 0. The van der Waals surface area contributed by atoms with Crippen molar-refractivity contribution < 1.29 is 0 Å². The van der Waals surface area contributed by atoms with Crippen molar-refractivity contribution in [1.82, 2.24) is 0 Å². The van der Waals surface area contributed by atoms with Gasteiger partial charge in [0.2, 0.25) is 0 Å². The number of nitrogens with zero attached hydrogens (tertiary/aromatic N) is 2. The summed E-state index contributed by atoms with van der Waals surface area (Å²) in [6, 6.07) is 13.6. The van der Waals surface area contributed by atoms with Gasteiger partial charge in [-0.2, -0.15) is 10.2 Å². The highest BCUT2D eigenvalue weighted by atomic mass is 15.2. The van der Waals surface area contributed by atoms with Gasteiger partial charge in [-0.3, -0.25) is 0 Å². The van der Waals surface area contributed by atoms with Crippen molar-refractivity contribution in [2.45, 2.75) is 134 Å². The fraction of sp³-hybridized carbons (Fsp3) is 0.632. The highest BCUT2D eigenvalue weighted by molar-refractivity contribution is 5.87. The zero-order valence-corrected chi connectivity index (χ0v) is 28.2. The third-order valence-corrected chi connectivity index (χ3v) is 7.59. The first kappa shape index (κ1) is 34.0. The van der Waals surface area contributed by atoms with Gasteiger partial charge in [-0.1, -0.05) is 119 Å². The third-order valence-electron chi connectivity index (χ3n) is 7.59. The second-order valence-corrected chi connectivity index (χ2v) is 16.7. The van der Waals surface area contributed by atoms with Crippen molar-refractivity contribution in [3.63, 3.8) is 0 Å². The fourth-order valence-electron chi connectivity index (χ4n) is 4.76. The molecule has 0 saturated heterocycles. The van der Waals surface area contributed by atoms with Gasteiger partial charge in [0, 0.05) is 11.1 Å². The molecule has 2 aromatic carbocycles. The minimum Gasteiger partial charge on any atom is -0.158 e. The van der Waals surface area contributed by atoms with E-state index in [0.29, 0.717) is 21.7 Å². The Morgan fingerprint density at radius 2 is 0.650 bits per heavy atom. The maximum Gasteiger partial charge on any atom is 0.0573 e. The summed E-state index contributed by atoms with van der Waals surface area (Å²) in [6.45, 7) is 27.9. The van der Waals surface area contributed by atoms with Crippen LogP contribution in [0.3, 0.4) is 0 Å². The molecule has 0 saturated carbocycles. The molecule has 0 fully saturated rings. The molecule has 0 spiro atoms. The normalized spacial score (nSPS) is 13.6. The molecule has 0 aliphatic heterocycles. The Balaban J connectivity index is 2.43. The van der Waals surface area contributed by atoms with Crippen LogP contribution >= 0.6 is 0 Å². The van der Waals surface area contributed by atoms with Gasteiger partial charge in [0.25, 0.3) is 0 Å². The smallest absolute Gasteiger partial charge is 0.0573 e. The lowest BCUT2D eigenvalue weighted by Crippen LogP contribution is -2.11. The van der Waals surface area contributed by atoms with Gasteiger partial charge < -0.3 is 0 Å². The van der Waals surface area contributed by atoms with Crippen LogP contribution in [-0.2, 0) is 25.7 Å². The molecule has 0 aliphatic rings. The van der Waals surface area contributed by atoms with E-state index in [2.05, 4.69) is 119 Å². The average molecular weight is 545 g/mol. The molecule has 0 radical (unpaired) electrons. The average Bonchev–Trinajstić information content (AvgIpc) is 2.80. The largest absolute Gasteiger partial charge is 0.158 e. The van der Waals surface area contributed by atoms with Gasteiger partial charge in [-0.25, -0.2) is 0 Å². The molecular weight excluding hydrogens is 484 g/mol. The summed E-state index contributed by atoms with van der Waals surface area (Å²) >= 11 is 0. The van der Waals surface area contributed by atoms with Crippen LogP contribution in [0.5, 0.6) is 0 Å². The summed E-state index contributed by atoms with van der Waals surface area (Å²) in [5, 5.41) is 9.38. The van der Waals surface area contributed by atoms with Crippen LogP contribution < -0.4 is 0 Å². The summed E-state index contributed by atoms with van der Waals surface area (Å²) in [7, 11) is 0. The van der Waals surface area contributed by atoms with Crippen molar-refractivity contribution in [3.8, 4) is 0 Å². The van der Waals surface area contributed by atoms with Crippen molar-refractivity contribution in [2.75, 3.05) is 0 Å². The Kier molecular flexibility index (Phi) is 12.0. The van der Waals surface area contributed by atoms with Gasteiger partial charge in [-0.05, 0) is 95.3 Å². The van der Waals surface area contributed by atoms with E-state index in [1.807, 2.05) is 12.4 Å². The fourth-order valence-corrected chi connectivity index (χ4v) is 4.76. The second-order valence-electron chi connectivity index (χ2n) is 16.7. The summed E-state index contributed by atoms with van der Waals surface area (Å²) in [6.07, 6.45) is 12.9. The Labute approximate surface area is 248 Å². The molecule has 0 amide bonds. The van der Waals surface area contributed by atoms with Crippen LogP contribution in [0.15, 0.2) is 46.6 Å². The van der Waals surface area contributed by atoms with Crippen LogP contribution in [-0.4, -0.2) is 12.4 Å². The van der Waals surface area contributed by atoms with Gasteiger partial charge in [0.1, 0.15) is 0 Å². The molecule has 2 heteroatoms. The zero-order chi connectivity index (χ0) is 30.2. The number of benzene rings is 2. The number of hydrogen-bond acceptors (Lipinski definition) is 2. The van der Waals surface area contributed by atoms with E-state index >= 15 is 0 Å². The second kappa shape index (κ2) is 14.1. The summed E-state index contributed by atoms with van der Waals surface area (Å²) < 4.78 is 0. The maximum absolute atomic E-state index is 4.69. The highest BCUT2D eigenvalue weighted by Crippen LogP contribution is 2.28. The first-order chi connectivity index (χ1) is 18.3. The zero-order valence-electron chi connectivity index (χ0n) is 28.2. The number of rotatable bonds is 11. The third kappa shape index (κ3) is 13.4. The molecular formula is C38H60N2. The monoisotopic (exact) mass is 544 g/mol. The van der Waals surface area contributed by atoms with Crippen molar-refractivity contribution in [1.29, 1.82) is 0 Å². The van der Waals surface area contributed by atoms with Crippen LogP contribution in [0.2, 0.25) is 0 Å². The van der Waals surface area contributed by atoms with E-state index in [0.717, 1.165) is 51.4 Å². The van der Waals surface area contributed by atoms with Gasteiger partial charge >= 0.3 is 0 Å². The maximum atomic E-state index is 4.69. The van der Waals surface area contributed by atoms with E-state index in [1.54, 1.807) is 0 Å². The lowest BCUT2D eigenvalue weighted by molar-refractivity contribution is 0.375. The van der Waals surface area contributed by atoms with E-state index < -0.39 is 0 Å². The summed E-state index contributed by atoms with van der Waals surface area (Å²) in [4.78, 5) is 0. The molecule has 2 rings (SSSR count). The SMILES string of the molecule is CC(C)(C)CCc1cccc(CCC(C)(C)C)c1/C=N/N=C/c1c(CCC(C)(C)C)cccc1CCC(C)(C)C. The van der Waals surface area contributed by atoms with Crippen LogP contribution in [0.25, 0.3) is 0 Å². The minimum atomic E-state index is 0.300. The van der Waals surface area contributed by atoms with Crippen LogP contribution in [0.4, 0.5) is 0 Å². The van der Waals surface area contributed by atoms with Crippen molar-refractivity contribution in [2.24, 2.45) is 31.9 Å². The van der Waals surface area contributed by atoms with Crippen LogP contribution in [0.1, 0.15) is 142 Å². The molecule has 0 atom stereocenters. The molecule has 0 aromatic heterocycles. The Morgan fingerprint density at radius 1 is 0.425 bits per heavy atom. The molecule has 0 bridgehead atoms. The Bertz CT molecular complexity index is 958. The minimum absolute atomic E-state index is 0.300. The standard InChI is InChI=1S/C38H60N2/c1-35(2,3)23-19-29-15-13-16-30(20-24-36(4,5)6)33(29)27-39-40-28-34-31(21-25-37(7,8)9)17-14-18-32(34)22-26-38(10,11)12/h13-18,27-28H,19-26H2,1-12H3/b39-27+,40-28+. The molecule has 40 heavy (non-hydrogen) atoms. The van der Waals surface area contributed by atoms with Crippen LogP contribution in [0, 0.1) is 21.7 Å². The number of hydrogen-bond donors (Lipinski definition) is 0. The first-order valence-corrected chi connectivity index (χ1v) is 15.6. The molecule has 0 heterocycles. The van der Waals surface area contributed by atoms with E-state index in [4.69, 9.17) is 10.2 Å². The lowest BCUT2D eigenvalue weighted by atomic mass is 9.84. The Hall–Kier alpha value is -2.22. The predicted octanol–water partition coefficient (Wildman–Crippen LogP) is 11.1. The van der Waals surface area contributed by atoms with Gasteiger partial charge in [-0.15, -0.1) is 0 Å². The topological polar surface area (TPSA) is 24.7 Å². The van der Waals surface area contributed by atoms with E-state index in [1.165, 1.54) is 33.4 Å². The quantitative estimate of drug-likeness (QED) is 0.198. The Morgan fingerprint density at radius 3 is 0.850 bits per heavy atom. The lowest BCUT2D eigenvalue weighted by Gasteiger charge is -2.21. The van der Waals surface area contributed by atoms with Gasteiger partial charge in [0.15, 0.2) is 0 Å². The van der Waals surface area contributed by atoms with E-state index in [-0.39, 0.29) is 0 Å². The molecule has 2 aromatic rings.